The number of hydrogen-bond donors (Lipinski definition) is 0. The molecule has 0 unspecified atom stereocenters. The quantitative estimate of drug-likeness (QED) is 0.234. The van der Waals surface area contributed by atoms with Gasteiger partial charge in [-0.15, -0.1) is 0 Å². The largest absolute Gasteiger partial charge is 0.494 e. The lowest BCUT2D eigenvalue weighted by atomic mass is 10.1. The lowest BCUT2D eigenvalue weighted by Crippen LogP contribution is -2.01. The minimum atomic E-state index is -0.399. The van der Waals surface area contributed by atoms with Gasteiger partial charge in [-0.3, -0.25) is 0 Å². The van der Waals surface area contributed by atoms with E-state index in [1.54, 1.807) is 0 Å². The molecule has 0 bridgehead atoms. The van der Waals surface area contributed by atoms with Crippen molar-refractivity contribution in [1.29, 1.82) is 0 Å². The number of unbranched alkanes of at least 4 members (excludes halogenated alkanes) is 1. The summed E-state index contributed by atoms with van der Waals surface area (Å²) in [5.41, 5.74) is 2.84. The average molecular weight is 408 g/mol. The Labute approximate surface area is 183 Å². The molecule has 0 N–H and O–H groups in total. The van der Waals surface area contributed by atoms with E-state index in [0.717, 1.165) is 39.3 Å². The van der Waals surface area contributed by atoms with Crippen molar-refractivity contribution in [3.8, 4) is 29.4 Å². The number of benzene rings is 3. The van der Waals surface area contributed by atoms with Crippen LogP contribution in [0.1, 0.15) is 36.5 Å². The smallest absolute Gasteiger partial charge is 0.330 e. The Kier molecular flexibility index (Phi) is 7.92. The van der Waals surface area contributed by atoms with Crippen LogP contribution in [0.3, 0.4) is 0 Å². The molecule has 0 heterocycles. The van der Waals surface area contributed by atoms with Gasteiger partial charge in [-0.05, 0) is 72.6 Å². The first kappa shape index (κ1) is 21.8. The van der Waals surface area contributed by atoms with Crippen LogP contribution >= 0.6 is 0 Å². The number of esters is 1. The van der Waals surface area contributed by atoms with Gasteiger partial charge in [-0.25, -0.2) is 4.79 Å². The molecule has 3 rings (SSSR count). The fourth-order valence-corrected chi connectivity index (χ4v) is 2.90. The first-order valence-corrected chi connectivity index (χ1v) is 10.2. The van der Waals surface area contributed by atoms with Gasteiger partial charge in [-0.2, -0.15) is 0 Å². The molecule has 0 aliphatic carbocycles. The van der Waals surface area contributed by atoms with Crippen LogP contribution < -0.4 is 4.74 Å². The van der Waals surface area contributed by atoms with Crippen molar-refractivity contribution in [2.75, 3.05) is 13.2 Å². The fourth-order valence-electron chi connectivity index (χ4n) is 2.90. The van der Waals surface area contributed by atoms with Crippen molar-refractivity contribution >= 4 is 16.7 Å². The summed E-state index contributed by atoms with van der Waals surface area (Å²) < 4.78 is 10.5. The molecule has 0 aromatic heterocycles. The maximum Gasteiger partial charge on any atom is 0.330 e. The third-order valence-corrected chi connectivity index (χ3v) is 4.45. The molecule has 0 spiro atoms. The predicted molar refractivity (Wildman–Crippen MR) is 125 cm³/mol. The van der Waals surface area contributed by atoms with E-state index in [9.17, 15) is 4.79 Å². The molecular formula is C28H24O3. The number of carbonyl (C=O) groups excluding carboxylic acids is 1. The number of rotatable bonds is 6. The second-order valence-electron chi connectivity index (χ2n) is 6.76. The van der Waals surface area contributed by atoms with Crippen molar-refractivity contribution in [3.05, 3.63) is 90.0 Å². The Morgan fingerprint density at radius 2 is 1.55 bits per heavy atom. The monoisotopic (exact) mass is 408 g/mol. The highest BCUT2D eigenvalue weighted by atomic mass is 16.5. The van der Waals surface area contributed by atoms with Crippen LogP contribution in [0.5, 0.6) is 5.75 Å². The van der Waals surface area contributed by atoms with Crippen molar-refractivity contribution in [2.24, 2.45) is 0 Å². The van der Waals surface area contributed by atoms with E-state index in [4.69, 9.17) is 9.47 Å². The van der Waals surface area contributed by atoms with Crippen molar-refractivity contribution in [3.63, 3.8) is 0 Å². The fraction of sp³-hybridized carbons (Fsp3) is 0.179. The molecular weight excluding hydrogens is 384 g/mol. The second-order valence-corrected chi connectivity index (χ2v) is 6.76. The van der Waals surface area contributed by atoms with Crippen molar-refractivity contribution < 1.29 is 14.3 Å². The normalized spacial score (nSPS) is 9.71. The molecule has 0 radical (unpaired) electrons. The number of fused-ring (bicyclic) bond motifs is 1. The van der Waals surface area contributed by atoms with Crippen LogP contribution in [-0.4, -0.2) is 19.2 Å². The Bertz CT molecular complexity index is 1180. The predicted octanol–water partition coefficient (Wildman–Crippen LogP) is 5.50. The van der Waals surface area contributed by atoms with Crippen molar-refractivity contribution in [2.45, 2.75) is 19.8 Å². The Balaban J connectivity index is 1.58. The minimum Gasteiger partial charge on any atom is -0.494 e. The summed E-state index contributed by atoms with van der Waals surface area (Å²) in [5.74, 6) is 13.1. The van der Waals surface area contributed by atoms with E-state index >= 15 is 0 Å². The molecule has 0 atom stereocenters. The molecule has 154 valence electrons. The third-order valence-electron chi connectivity index (χ3n) is 4.45. The zero-order chi connectivity index (χ0) is 21.9. The van der Waals surface area contributed by atoms with Crippen LogP contribution in [0.4, 0.5) is 0 Å². The van der Waals surface area contributed by atoms with E-state index in [2.05, 4.69) is 48.5 Å². The topological polar surface area (TPSA) is 35.5 Å². The van der Waals surface area contributed by atoms with Gasteiger partial charge in [0, 0.05) is 29.2 Å². The Morgan fingerprint density at radius 3 is 2.29 bits per heavy atom. The van der Waals surface area contributed by atoms with Gasteiger partial charge in [0.05, 0.1) is 13.2 Å². The van der Waals surface area contributed by atoms with Crippen molar-refractivity contribution in [1.82, 2.24) is 0 Å². The SMILES string of the molecule is C=CC(=O)OCCCC#Cc1ccc(C#Cc2ccc3cc(OCC)ccc3c2)cc1. The molecule has 3 aromatic rings. The zero-order valence-corrected chi connectivity index (χ0v) is 17.6. The number of ether oxygens (including phenoxy) is 2. The molecule has 0 aliphatic heterocycles. The summed E-state index contributed by atoms with van der Waals surface area (Å²) in [5, 5.41) is 2.28. The molecule has 0 aliphatic rings. The molecule has 31 heavy (non-hydrogen) atoms. The molecule has 3 nitrogen and oxygen atoms in total. The van der Waals surface area contributed by atoms with Gasteiger partial charge in [0.1, 0.15) is 5.75 Å². The Hall–Kier alpha value is -3.95. The van der Waals surface area contributed by atoms with Crippen LogP contribution in [0.2, 0.25) is 0 Å². The average Bonchev–Trinajstić information content (AvgIpc) is 2.80. The molecule has 0 saturated heterocycles. The molecule has 0 amide bonds. The summed E-state index contributed by atoms with van der Waals surface area (Å²) in [6.45, 7) is 6.35. The second kappa shape index (κ2) is 11.3. The molecule has 0 fully saturated rings. The van der Waals surface area contributed by atoms with Gasteiger partial charge < -0.3 is 9.47 Å². The van der Waals surface area contributed by atoms with Gasteiger partial charge in [0.15, 0.2) is 0 Å². The van der Waals surface area contributed by atoms with E-state index in [1.807, 2.05) is 49.4 Å². The summed E-state index contributed by atoms with van der Waals surface area (Å²) >= 11 is 0. The van der Waals surface area contributed by atoms with Gasteiger partial charge in [-0.1, -0.05) is 42.4 Å². The highest BCUT2D eigenvalue weighted by molar-refractivity contribution is 5.85. The van der Waals surface area contributed by atoms with Crippen LogP contribution in [0.15, 0.2) is 73.3 Å². The van der Waals surface area contributed by atoms with Gasteiger partial charge >= 0.3 is 5.97 Å². The summed E-state index contributed by atoms with van der Waals surface area (Å²) in [6, 6.07) is 20.1. The third kappa shape index (κ3) is 6.81. The molecule has 0 saturated carbocycles. The highest BCUT2D eigenvalue weighted by Gasteiger charge is 1.98. The van der Waals surface area contributed by atoms with Gasteiger partial charge in [0.25, 0.3) is 0 Å². The number of hydrogen-bond acceptors (Lipinski definition) is 3. The minimum absolute atomic E-state index is 0.358. The van der Waals surface area contributed by atoms with Gasteiger partial charge in [0.2, 0.25) is 0 Å². The summed E-state index contributed by atoms with van der Waals surface area (Å²) in [6.07, 6.45) is 2.53. The Morgan fingerprint density at radius 1 is 0.903 bits per heavy atom. The number of carbonyl (C=O) groups is 1. The lowest BCUT2D eigenvalue weighted by molar-refractivity contribution is -0.137. The zero-order valence-electron chi connectivity index (χ0n) is 17.6. The summed E-state index contributed by atoms with van der Waals surface area (Å²) in [4.78, 5) is 10.9. The highest BCUT2D eigenvalue weighted by Crippen LogP contribution is 2.22. The lowest BCUT2D eigenvalue weighted by Gasteiger charge is -2.04. The van der Waals surface area contributed by atoms with E-state index in [0.29, 0.717) is 26.1 Å². The van der Waals surface area contributed by atoms with E-state index in [-0.39, 0.29) is 0 Å². The van der Waals surface area contributed by atoms with Crippen LogP contribution in [0.25, 0.3) is 10.8 Å². The maximum atomic E-state index is 10.9. The maximum absolute atomic E-state index is 10.9. The summed E-state index contributed by atoms with van der Waals surface area (Å²) in [7, 11) is 0. The first-order valence-electron chi connectivity index (χ1n) is 10.2. The van der Waals surface area contributed by atoms with E-state index in [1.165, 1.54) is 0 Å². The molecule has 3 aromatic carbocycles. The standard InChI is InChI=1S/C28H24O3/c1-3-28(29)31-19-7-5-6-8-22-9-11-23(12-10-22)13-14-24-15-16-26-21-27(30-4-2)18-17-25(26)20-24/h3,9-12,15-18,20-21H,1,4-5,7,19H2,2H3. The van der Waals surface area contributed by atoms with Crippen LogP contribution in [0, 0.1) is 23.7 Å². The van der Waals surface area contributed by atoms with Crippen LogP contribution in [-0.2, 0) is 9.53 Å². The van der Waals surface area contributed by atoms with E-state index < -0.39 is 5.97 Å². The first-order chi connectivity index (χ1) is 15.2. The molecule has 3 heteroatoms.